The standard InChI is InChI=1S/C23H28ClN3O3/c1-30-14-11-25-23(29)20-7-2-3-8-21(20)26-22(28)18-9-12-27(13-10-18)16-17-5-4-6-19(24)15-17/h2-8,15,18H,9-14,16H2,1H3,(H,25,29)(H,26,28). The van der Waals surface area contributed by atoms with E-state index in [4.69, 9.17) is 16.3 Å². The molecule has 2 aromatic rings. The first kappa shape index (κ1) is 22.3. The van der Waals surface area contributed by atoms with Crippen LogP contribution in [0.15, 0.2) is 48.5 Å². The Morgan fingerprint density at radius 3 is 2.63 bits per heavy atom. The summed E-state index contributed by atoms with van der Waals surface area (Å²) in [6.07, 6.45) is 1.57. The minimum atomic E-state index is -0.223. The number of nitrogens with one attached hydrogen (secondary N) is 2. The Morgan fingerprint density at radius 2 is 1.90 bits per heavy atom. The van der Waals surface area contributed by atoms with Crippen molar-refractivity contribution in [3.05, 3.63) is 64.7 Å². The van der Waals surface area contributed by atoms with Gasteiger partial charge < -0.3 is 15.4 Å². The number of hydrogen-bond acceptors (Lipinski definition) is 4. The molecule has 3 rings (SSSR count). The lowest BCUT2D eigenvalue weighted by atomic mass is 9.95. The maximum atomic E-state index is 12.8. The number of likely N-dealkylation sites (tertiary alicyclic amines) is 1. The van der Waals surface area contributed by atoms with Gasteiger partial charge in [0.25, 0.3) is 5.91 Å². The zero-order valence-electron chi connectivity index (χ0n) is 17.2. The van der Waals surface area contributed by atoms with Crippen LogP contribution in [0.1, 0.15) is 28.8 Å². The smallest absolute Gasteiger partial charge is 0.253 e. The molecule has 7 heteroatoms. The number of benzene rings is 2. The topological polar surface area (TPSA) is 70.7 Å². The Bertz CT molecular complexity index is 866. The van der Waals surface area contributed by atoms with Crippen LogP contribution in [-0.4, -0.2) is 50.1 Å². The molecule has 1 aliphatic rings. The lowest BCUT2D eigenvalue weighted by molar-refractivity contribution is -0.121. The predicted molar refractivity (Wildman–Crippen MR) is 119 cm³/mol. The Balaban J connectivity index is 1.53. The predicted octanol–water partition coefficient (Wildman–Crippen LogP) is 3.57. The van der Waals surface area contributed by atoms with Gasteiger partial charge in [-0.25, -0.2) is 0 Å². The van der Waals surface area contributed by atoms with Gasteiger partial charge in [-0.1, -0.05) is 35.9 Å². The van der Waals surface area contributed by atoms with Gasteiger partial charge in [-0.2, -0.15) is 0 Å². The van der Waals surface area contributed by atoms with Gasteiger partial charge in [-0.15, -0.1) is 0 Å². The molecule has 1 aliphatic heterocycles. The van der Waals surface area contributed by atoms with E-state index in [0.29, 0.717) is 24.4 Å². The quantitative estimate of drug-likeness (QED) is 0.629. The molecule has 6 nitrogen and oxygen atoms in total. The fraction of sp³-hybridized carbons (Fsp3) is 0.391. The maximum absolute atomic E-state index is 12.8. The summed E-state index contributed by atoms with van der Waals surface area (Å²) < 4.78 is 4.96. The summed E-state index contributed by atoms with van der Waals surface area (Å²) in [7, 11) is 1.58. The Labute approximate surface area is 182 Å². The fourth-order valence-electron chi connectivity index (χ4n) is 3.63. The van der Waals surface area contributed by atoms with Crippen LogP contribution in [0.3, 0.4) is 0 Å². The number of para-hydroxylation sites is 1. The van der Waals surface area contributed by atoms with Gasteiger partial charge in [0.2, 0.25) is 5.91 Å². The molecule has 2 amide bonds. The fourth-order valence-corrected chi connectivity index (χ4v) is 3.85. The van der Waals surface area contributed by atoms with E-state index in [9.17, 15) is 9.59 Å². The van der Waals surface area contributed by atoms with E-state index in [1.807, 2.05) is 24.3 Å². The molecule has 2 N–H and O–H groups in total. The number of piperidine rings is 1. The molecule has 0 spiro atoms. The number of hydrogen-bond donors (Lipinski definition) is 2. The summed E-state index contributed by atoms with van der Waals surface area (Å²) >= 11 is 6.07. The Morgan fingerprint density at radius 1 is 1.13 bits per heavy atom. The van der Waals surface area contributed by atoms with Crippen molar-refractivity contribution in [3.63, 3.8) is 0 Å². The van der Waals surface area contributed by atoms with Crippen LogP contribution in [-0.2, 0) is 16.1 Å². The van der Waals surface area contributed by atoms with Crippen LogP contribution in [0.5, 0.6) is 0 Å². The molecule has 1 fully saturated rings. The number of amides is 2. The number of anilines is 1. The van der Waals surface area contributed by atoms with Crippen molar-refractivity contribution in [3.8, 4) is 0 Å². The highest BCUT2D eigenvalue weighted by Gasteiger charge is 2.26. The molecule has 30 heavy (non-hydrogen) atoms. The van der Waals surface area contributed by atoms with Crippen molar-refractivity contribution in [2.75, 3.05) is 38.7 Å². The molecule has 1 saturated heterocycles. The molecule has 0 aliphatic carbocycles. The van der Waals surface area contributed by atoms with Crippen LogP contribution < -0.4 is 10.6 Å². The summed E-state index contributed by atoms with van der Waals surface area (Å²) in [4.78, 5) is 27.6. The van der Waals surface area contributed by atoms with Crippen LogP contribution in [0.2, 0.25) is 5.02 Å². The van der Waals surface area contributed by atoms with Gasteiger partial charge >= 0.3 is 0 Å². The second-order valence-electron chi connectivity index (χ2n) is 7.46. The average molecular weight is 430 g/mol. The molecular formula is C23H28ClN3O3. The number of rotatable bonds is 8. The molecule has 0 aromatic heterocycles. The molecule has 160 valence electrons. The molecule has 2 aromatic carbocycles. The number of methoxy groups -OCH3 is 1. The monoisotopic (exact) mass is 429 g/mol. The van der Waals surface area contributed by atoms with E-state index in [1.54, 1.807) is 25.3 Å². The van der Waals surface area contributed by atoms with Gasteiger partial charge in [-0.3, -0.25) is 14.5 Å². The summed E-state index contributed by atoms with van der Waals surface area (Å²) in [5.41, 5.74) is 2.18. The second-order valence-corrected chi connectivity index (χ2v) is 7.90. The van der Waals surface area contributed by atoms with E-state index < -0.39 is 0 Å². The van der Waals surface area contributed by atoms with Gasteiger partial charge in [0.15, 0.2) is 0 Å². The highest BCUT2D eigenvalue weighted by Crippen LogP contribution is 2.23. The van der Waals surface area contributed by atoms with E-state index >= 15 is 0 Å². The van der Waals surface area contributed by atoms with E-state index in [2.05, 4.69) is 21.6 Å². The van der Waals surface area contributed by atoms with E-state index in [1.165, 1.54) is 5.56 Å². The van der Waals surface area contributed by atoms with Gasteiger partial charge in [0.1, 0.15) is 0 Å². The second kappa shape index (κ2) is 11.1. The molecule has 1 heterocycles. The zero-order valence-corrected chi connectivity index (χ0v) is 18.0. The van der Waals surface area contributed by atoms with Gasteiger partial charge in [0, 0.05) is 31.1 Å². The first-order valence-corrected chi connectivity index (χ1v) is 10.6. The Hall–Kier alpha value is -2.41. The minimum Gasteiger partial charge on any atom is -0.383 e. The minimum absolute atomic E-state index is 0.0328. The van der Waals surface area contributed by atoms with Crippen molar-refractivity contribution in [1.29, 1.82) is 0 Å². The first-order chi connectivity index (χ1) is 14.6. The highest BCUT2D eigenvalue weighted by atomic mass is 35.5. The maximum Gasteiger partial charge on any atom is 0.253 e. The summed E-state index contributed by atoms with van der Waals surface area (Å²) in [5, 5.41) is 6.49. The third-order valence-electron chi connectivity index (χ3n) is 5.27. The van der Waals surface area contributed by atoms with Crippen LogP contribution in [0.25, 0.3) is 0 Å². The highest BCUT2D eigenvalue weighted by molar-refractivity contribution is 6.30. The molecule has 0 bridgehead atoms. The lowest BCUT2D eigenvalue weighted by Crippen LogP contribution is -2.38. The molecule has 0 atom stereocenters. The third-order valence-corrected chi connectivity index (χ3v) is 5.51. The largest absolute Gasteiger partial charge is 0.383 e. The van der Waals surface area contributed by atoms with Gasteiger partial charge in [-0.05, 0) is 55.8 Å². The summed E-state index contributed by atoms with van der Waals surface area (Å²) in [6, 6.07) is 15.0. The number of carbonyl (C=O) groups is 2. The van der Waals surface area contributed by atoms with E-state index in [0.717, 1.165) is 37.5 Å². The van der Waals surface area contributed by atoms with Crippen LogP contribution >= 0.6 is 11.6 Å². The van der Waals surface area contributed by atoms with Crippen LogP contribution in [0, 0.1) is 5.92 Å². The van der Waals surface area contributed by atoms with E-state index in [-0.39, 0.29) is 17.7 Å². The first-order valence-electron chi connectivity index (χ1n) is 10.2. The molecule has 0 saturated carbocycles. The number of halogens is 1. The molecule has 0 radical (unpaired) electrons. The summed E-state index contributed by atoms with van der Waals surface area (Å²) in [5.74, 6) is -0.320. The SMILES string of the molecule is COCCNC(=O)c1ccccc1NC(=O)C1CCN(Cc2cccc(Cl)c2)CC1. The molecular weight excluding hydrogens is 402 g/mol. The normalized spacial score (nSPS) is 15.0. The summed E-state index contributed by atoms with van der Waals surface area (Å²) in [6.45, 7) is 3.39. The van der Waals surface area contributed by atoms with Crippen molar-refractivity contribution in [2.24, 2.45) is 5.92 Å². The number of ether oxygens (including phenoxy) is 1. The van der Waals surface area contributed by atoms with Crippen molar-refractivity contribution in [1.82, 2.24) is 10.2 Å². The van der Waals surface area contributed by atoms with Crippen molar-refractivity contribution in [2.45, 2.75) is 19.4 Å². The number of carbonyl (C=O) groups excluding carboxylic acids is 2. The van der Waals surface area contributed by atoms with Gasteiger partial charge in [0.05, 0.1) is 17.9 Å². The Kier molecular flexibility index (Phi) is 8.25. The molecule has 0 unspecified atom stereocenters. The third kappa shape index (κ3) is 6.29. The average Bonchev–Trinajstić information content (AvgIpc) is 2.75. The van der Waals surface area contributed by atoms with Crippen molar-refractivity contribution >= 4 is 29.1 Å². The lowest BCUT2D eigenvalue weighted by Gasteiger charge is -2.31. The van der Waals surface area contributed by atoms with Crippen molar-refractivity contribution < 1.29 is 14.3 Å². The van der Waals surface area contributed by atoms with Crippen LogP contribution in [0.4, 0.5) is 5.69 Å². The zero-order chi connectivity index (χ0) is 21.3. The number of nitrogens with zero attached hydrogens (tertiary/aromatic N) is 1.